The molecule has 37 heavy (non-hydrogen) atoms. The summed E-state index contributed by atoms with van der Waals surface area (Å²) in [6.45, 7) is 2.02. The van der Waals surface area contributed by atoms with Crippen LogP contribution in [0.2, 0.25) is 0 Å². The summed E-state index contributed by atoms with van der Waals surface area (Å²) >= 11 is 0. The lowest BCUT2D eigenvalue weighted by atomic mass is 9.63. The monoisotopic (exact) mass is 524 g/mol. The van der Waals surface area contributed by atoms with Crippen molar-refractivity contribution in [2.24, 2.45) is 17.8 Å². The molecule has 0 heterocycles. The normalized spacial score (nSPS) is 24.2. The number of alkyl halides is 3. The van der Waals surface area contributed by atoms with E-state index in [-0.39, 0.29) is 11.5 Å². The second-order valence-corrected chi connectivity index (χ2v) is 10.2. The Morgan fingerprint density at radius 1 is 0.946 bits per heavy atom. The van der Waals surface area contributed by atoms with Gasteiger partial charge in [-0.25, -0.2) is 18.0 Å². The maximum atomic E-state index is 15.1. The quantitative estimate of drug-likeness (QED) is 0.163. The van der Waals surface area contributed by atoms with Crippen LogP contribution in [0.15, 0.2) is 42.5 Å². The van der Waals surface area contributed by atoms with Crippen LogP contribution in [-0.4, -0.2) is 5.97 Å². The third-order valence-electron chi connectivity index (χ3n) is 7.88. The lowest BCUT2D eigenvalue weighted by Crippen LogP contribution is -2.31. The van der Waals surface area contributed by atoms with Crippen molar-refractivity contribution >= 4 is 5.97 Å². The van der Waals surface area contributed by atoms with Crippen molar-refractivity contribution < 1.29 is 35.9 Å². The van der Waals surface area contributed by atoms with Crippen molar-refractivity contribution in [3.8, 4) is 5.75 Å². The molecule has 2 saturated carbocycles. The van der Waals surface area contributed by atoms with Gasteiger partial charge in [0.1, 0.15) is 23.2 Å². The van der Waals surface area contributed by atoms with E-state index in [0.29, 0.717) is 42.7 Å². The first kappa shape index (κ1) is 27.3. The molecule has 0 bridgehead atoms. The Kier molecular flexibility index (Phi) is 8.34. The molecule has 4 atom stereocenters. The SMILES string of the molecule is C/C=C/CCC1CCC2CC(c3c(F)cc(C(=O)Oc4ccc(C(F)(F)F)c(F)c4)cc3F)CCC2C1. The summed E-state index contributed by atoms with van der Waals surface area (Å²) in [5.74, 6) is -3.60. The zero-order valence-corrected chi connectivity index (χ0v) is 20.6. The van der Waals surface area contributed by atoms with E-state index in [4.69, 9.17) is 4.74 Å². The lowest BCUT2D eigenvalue weighted by Gasteiger charge is -2.42. The highest BCUT2D eigenvalue weighted by Gasteiger charge is 2.38. The zero-order valence-electron chi connectivity index (χ0n) is 20.6. The van der Waals surface area contributed by atoms with Gasteiger partial charge in [0.2, 0.25) is 0 Å². The van der Waals surface area contributed by atoms with Crippen molar-refractivity contribution in [1.82, 2.24) is 0 Å². The molecule has 4 unspecified atom stereocenters. The Morgan fingerprint density at radius 2 is 1.62 bits per heavy atom. The number of allylic oxidation sites excluding steroid dienone is 2. The third kappa shape index (κ3) is 6.39. The molecule has 0 radical (unpaired) electrons. The number of fused-ring (bicyclic) bond motifs is 1. The smallest absolute Gasteiger partial charge is 0.419 e. The zero-order chi connectivity index (χ0) is 26.7. The van der Waals surface area contributed by atoms with Crippen LogP contribution in [-0.2, 0) is 6.18 Å². The predicted molar refractivity (Wildman–Crippen MR) is 128 cm³/mol. The number of ether oxygens (including phenoxy) is 1. The number of carbonyl (C=O) groups is 1. The number of rotatable bonds is 6. The Balaban J connectivity index is 1.42. The van der Waals surface area contributed by atoms with E-state index < -0.39 is 46.5 Å². The fourth-order valence-electron chi connectivity index (χ4n) is 6.06. The standard InChI is InChI=1S/C29H30F6O2/c1-2-3-4-5-17-6-7-19-13-20(9-8-18(19)12-17)27-25(31)14-21(15-26(27)32)28(36)37-22-10-11-23(24(30)16-22)29(33,34)35/h2-3,10-11,14-20H,4-9,12-13H2,1H3/b3-2+. The molecule has 200 valence electrons. The number of carbonyl (C=O) groups excluding carboxylic acids is 1. The first-order valence-corrected chi connectivity index (χ1v) is 12.8. The fourth-order valence-corrected chi connectivity index (χ4v) is 6.06. The Labute approximate surface area is 212 Å². The van der Waals surface area contributed by atoms with Gasteiger partial charge in [-0.15, -0.1) is 0 Å². The summed E-state index contributed by atoms with van der Waals surface area (Å²) in [6, 6.07) is 3.39. The topological polar surface area (TPSA) is 26.3 Å². The van der Waals surface area contributed by atoms with Crippen molar-refractivity contribution in [1.29, 1.82) is 0 Å². The van der Waals surface area contributed by atoms with Gasteiger partial charge < -0.3 is 4.74 Å². The van der Waals surface area contributed by atoms with Crippen LogP contribution in [0.25, 0.3) is 0 Å². The minimum atomic E-state index is -4.90. The number of benzene rings is 2. The second-order valence-electron chi connectivity index (χ2n) is 10.2. The average molecular weight is 525 g/mol. The second kappa shape index (κ2) is 11.3. The van der Waals surface area contributed by atoms with Crippen LogP contribution >= 0.6 is 0 Å². The van der Waals surface area contributed by atoms with Crippen molar-refractivity contribution in [2.45, 2.75) is 70.4 Å². The molecule has 0 saturated heterocycles. The first-order valence-electron chi connectivity index (χ1n) is 12.8. The number of esters is 1. The van der Waals surface area contributed by atoms with E-state index in [0.717, 1.165) is 50.3 Å². The summed E-state index contributed by atoms with van der Waals surface area (Å²) in [5, 5.41) is 0. The highest BCUT2D eigenvalue weighted by Crippen LogP contribution is 2.49. The minimum absolute atomic E-state index is 0.0363. The number of hydrogen-bond donors (Lipinski definition) is 0. The van der Waals surface area contributed by atoms with E-state index in [1.165, 1.54) is 6.42 Å². The molecule has 0 spiro atoms. The highest BCUT2D eigenvalue weighted by atomic mass is 19.4. The molecule has 2 nitrogen and oxygen atoms in total. The van der Waals surface area contributed by atoms with Gasteiger partial charge in [-0.1, -0.05) is 18.6 Å². The van der Waals surface area contributed by atoms with Gasteiger partial charge in [0.25, 0.3) is 0 Å². The summed E-state index contributed by atoms with van der Waals surface area (Å²) in [5.41, 5.74) is -1.98. The van der Waals surface area contributed by atoms with E-state index >= 15 is 8.78 Å². The van der Waals surface area contributed by atoms with Crippen LogP contribution in [0.3, 0.4) is 0 Å². The van der Waals surface area contributed by atoms with Crippen molar-refractivity contribution in [2.75, 3.05) is 0 Å². The van der Waals surface area contributed by atoms with E-state index in [2.05, 4.69) is 12.2 Å². The molecule has 2 aromatic rings. The van der Waals surface area contributed by atoms with Gasteiger partial charge in [-0.2, -0.15) is 13.2 Å². The molecular formula is C29H30F6O2. The Bertz CT molecular complexity index is 1130. The maximum Gasteiger partial charge on any atom is 0.419 e. The van der Waals surface area contributed by atoms with Gasteiger partial charge >= 0.3 is 12.1 Å². The van der Waals surface area contributed by atoms with E-state index in [9.17, 15) is 22.4 Å². The molecule has 2 fully saturated rings. The number of halogens is 6. The minimum Gasteiger partial charge on any atom is -0.423 e. The summed E-state index contributed by atoms with van der Waals surface area (Å²) in [6.07, 6.45) is 7.25. The van der Waals surface area contributed by atoms with Gasteiger partial charge in [-0.3, -0.25) is 0 Å². The van der Waals surface area contributed by atoms with Gasteiger partial charge in [0.15, 0.2) is 0 Å². The van der Waals surface area contributed by atoms with Gasteiger partial charge in [0, 0.05) is 11.6 Å². The van der Waals surface area contributed by atoms with Crippen LogP contribution in [0, 0.1) is 35.2 Å². The van der Waals surface area contributed by atoms with Crippen LogP contribution in [0.4, 0.5) is 26.3 Å². The van der Waals surface area contributed by atoms with E-state index in [1.807, 2.05) is 6.92 Å². The molecule has 2 aliphatic rings. The molecule has 8 heteroatoms. The van der Waals surface area contributed by atoms with Gasteiger partial charge in [-0.05, 0) is 99.8 Å². The molecule has 0 N–H and O–H groups in total. The fraction of sp³-hybridized carbons (Fsp3) is 0.483. The average Bonchev–Trinajstić information content (AvgIpc) is 2.83. The Hall–Kier alpha value is -2.77. The maximum absolute atomic E-state index is 15.1. The molecule has 2 aromatic carbocycles. The largest absolute Gasteiger partial charge is 0.423 e. The summed E-state index contributed by atoms with van der Waals surface area (Å²) in [4.78, 5) is 12.4. The lowest BCUT2D eigenvalue weighted by molar-refractivity contribution is -0.140. The third-order valence-corrected chi connectivity index (χ3v) is 7.88. The molecule has 0 aromatic heterocycles. The summed E-state index contributed by atoms with van der Waals surface area (Å²) in [7, 11) is 0. The van der Waals surface area contributed by atoms with E-state index in [1.54, 1.807) is 0 Å². The molecule has 2 aliphatic carbocycles. The highest BCUT2D eigenvalue weighted by molar-refractivity contribution is 5.91. The predicted octanol–water partition coefficient (Wildman–Crippen LogP) is 9.00. The van der Waals surface area contributed by atoms with Crippen molar-refractivity contribution in [3.05, 3.63) is 76.6 Å². The molecule has 0 aliphatic heterocycles. The molecule has 4 rings (SSSR count). The molecular weight excluding hydrogens is 494 g/mol. The molecule has 0 amide bonds. The Morgan fingerprint density at radius 3 is 2.27 bits per heavy atom. The van der Waals surface area contributed by atoms with Crippen LogP contribution < -0.4 is 4.74 Å². The van der Waals surface area contributed by atoms with Crippen LogP contribution in [0.1, 0.15) is 85.7 Å². The number of hydrogen-bond acceptors (Lipinski definition) is 2. The van der Waals surface area contributed by atoms with Crippen LogP contribution in [0.5, 0.6) is 5.75 Å². The first-order chi connectivity index (χ1) is 17.6. The summed E-state index contributed by atoms with van der Waals surface area (Å²) < 4.78 is 86.9. The van der Waals surface area contributed by atoms with Crippen molar-refractivity contribution in [3.63, 3.8) is 0 Å². The van der Waals surface area contributed by atoms with Gasteiger partial charge in [0.05, 0.1) is 11.1 Å².